The van der Waals surface area contributed by atoms with Gasteiger partial charge in [-0.3, -0.25) is 0 Å². The van der Waals surface area contributed by atoms with Crippen LogP contribution in [-0.4, -0.2) is 173 Å². The van der Waals surface area contributed by atoms with E-state index in [1.807, 2.05) is 0 Å². The van der Waals surface area contributed by atoms with Gasteiger partial charge >= 0.3 is 0 Å². The molecule has 14 atom stereocenters. The smallest absolute Gasteiger partial charge is 0.230 e. The summed E-state index contributed by atoms with van der Waals surface area (Å²) < 4.78 is 21.8. The second-order valence-electron chi connectivity index (χ2n) is 8.58. The van der Waals surface area contributed by atoms with Gasteiger partial charge < -0.3 is 80.2 Å². The topological polar surface area (TPSA) is 280 Å². The van der Waals surface area contributed by atoms with Gasteiger partial charge in [-0.25, -0.2) is 0 Å². The van der Waals surface area contributed by atoms with Crippen LogP contribution in [0, 0.1) is 0 Å². The maximum atomic E-state index is 10.9. The highest BCUT2D eigenvalue weighted by Crippen LogP contribution is 2.45. The molecule has 0 aromatic carbocycles. The van der Waals surface area contributed by atoms with E-state index in [0.717, 1.165) is 0 Å². The maximum Gasteiger partial charge on any atom is 0.230 e. The van der Waals surface area contributed by atoms with Gasteiger partial charge in [0.05, 0.1) is 19.8 Å². The van der Waals surface area contributed by atoms with E-state index in [-0.39, 0.29) is 0 Å². The summed E-state index contributed by atoms with van der Waals surface area (Å²) in [5.74, 6) is -5.68. The standard InChI is InChI=1S/C18H32O16/c19-1-5-8(23)11(26)13(28)16(31-5)18(15(30)12(27)9(24)6(2-20)33-18)34-17(4-22)14(29)10(25)7(3-21)32-17/h5-16,19-30H,1-4H2/t5-,6-,7-,8+,9-,10-,11+,12+,13-,14+,15-,16-,17-,18+/m1/s1. The minimum atomic E-state index is -2.98. The Balaban J connectivity index is 2.13. The van der Waals surface area contributed by atoms with Crippen LogP contribution in [-0.2, 0) is 18.9 Å². The van der Waals surface area contributed by atoms with Gasteiger partial charge in [0.25, 0.3) is 0 Å². The van der Waals surface area contributed by atoms with Crippen molar-refractivity contribution < 1.29 is 80.2 Å². The lowest BCUT2D eigenvalue weighted by molar-refractivity contribution is -0.468. The van der Waals surface area contributed by atoms with Gasteiger partial charge in [0.1, 0.15) is 79.9 Å². The summed E-state index contributed by atoms with van der Waals surface area (Å²) in [6.07, 6.45) is -23.5. The SMILES string of the molecule is OC[C@H]1O[C@@H]([C@]2(O[C@@]3(CO)O[C@H](CO)[C@@H](O)[C@@H]3O)O[C@H](CO)[C@@H](O)[C@H](O)[C@H]2O)[C@H](O)[C@@H](O)[C@H]1O. The average molecular weight is 504 g/mol. The normalized spacial score (nSPS) is 54.4. The maximum absolute atomic E-state index is 10.9. The Morgan fingerprint density at radius 2 is 1.09 bits per heavy atom. The summed E-state index contributed by atoms with van der Waals surface area (Å²) in [7, 11) is 0. The molecule has 34 heavy (non-hydrogen) atoms. The minimum Gasteiger partial charge on any atom is -0.394 e. The highest BCUT2D eigenvalue weighted by molar-refractivity contribution is 5.09. The molecule has 0 aromatic heterocycles. The van der Waals surface area contributed by atoms with E-state index in [1.165, 1.54) is 0 Å². The number of hydrogen-bond donors (Lipinski definition) is 12. The van der Waals surface area contributed by atoms with Crippen LogP contribution in [0.1, 0.15) is 0 Å². The van der Waals surface area contributed by atoms with Crippen molar-refractivity contribution in [1.82, 2.24) is 0 Å². The van der Waals surface area contributed by atoms with Crippen molar-refractivity contribution in [2.45, 2.75) is 84.8 Å². The average Bonchev–Trinajstić information content (AvgIpc) is 3.08. The van der Waals surface area contributed by atoms with Crippen molar-refractivity contribution in [2.75, 3.05) is 26.4 Å². The first-order valence-electron chi connectivity index (χ1n) is 10.5. The molecule has 12 N–H and O–H groups in total. The predicted molar refractivity (Wildman–Crippen MR) is 101 cm³/mol. The number of rotatable bonds is 7. The van der Waals surface area contributed by atoms with Gasteiger partial charge in [-0.05, 0) is 0 Å². The first-order chi connectivity index (χ1) is 15.9. The quantitative estimate of drug-likeness (QED) is 0.153. The molecule has 3 rings (SSSR count). The first kappa shape index (κ1) is 27.9. The highest BCUT2D eigenvalue weighted by Gasteiger charge is 2.69. The summed E-state index contributed by atoms with van der Waals surface area (Å²) >= 11 is 0. The van der Waals surface area contributed by atoms with E-state index in [2.05, 4.69) is 0 Å². The molecular formula is C18H32O16. The Hall–Kier alpha value is -0.640. The third kappa shape index (κ3) is 4.26. The monoisotopic (exact) mass is 504 g/mol. The molecule has 0 saturated carbocycles. The largest absolute Gasteiger partial charge is 0.394 e. The van der Waals surface area contributed by atoms with E-state index in [0.29, 0.717) is 0 Å². The number of aliphatic hydroxyl groups excluding tert-OH is 12. The fourth-order valence-corrected chi connectivity index (χ4v) is 4.50. The molecule has 3 saturated heterocycles. The molecule has 0 aliphatic carbocycles. The zero-order chi connectivity index (χ0) is 25.6. The molecule has 3 aliphatic rings. The van der Waals surface area contributed by atoms with Crippen LogP contribution in [0.15, 0.2) is 0 Å². The Bertz CT molecular complexity index is 680. The first-order valence-corrected chi connectivity index (χ1v) is 10.5. The lowest BCUT2D eigenvalue weighted by Gasteiger charge is -2.56. The molecule has 16 heteroatoms. The predicted octanol–water partition coefficient (Wildman–Crippen LogP) is -8.18. The van der Waals surface area contributed by atoms with Crippen LogP contribution < -0.4 is 0 Å². The van der Waals surface area contributed by atoms with Gasteiger partial charge in [-0.2, -0.15) is 0 Å². The van der Waals surface area contributed by atoms with Crippen molar-refractivity contribution in [3.63, 3.8) is 0 Å². The second kappa shape index (κ2) is 10.4. The van der Waals surface area contributed by atoms with Crippen molar-refractivity contribution in [3.05, 3.63) is 0 Å². The molecule has 0 radical (unpaired) electrons. The Labute approximate surface area is 192 Å². The number of aliphatic hydroxyl groups is 12. The van der Waals surface area contributed by atoms with E-state index in [4.69, 9.17) is 18.9 Å². The second-order valence-corrected chi connectivity index (χ2v) is 8.58. The van der Waals surface area contributed by atoms with E-state index in [1.54, 1.807) is 0 Å². The number of hydrogen-bond acceptors (Lipinski definition) is 16. The van der Waals surface area contributed by atoms with Gasteiger partial charge in [0.2, 0.25) is 11.6 Å². The van der Waals surface area contributed by atoms with Crippen molar-refractivity contribution in [1.29, 1.82) is 0 Å². The van der Waals surface area contributed by atoms with Crippen LogP contribution in [0.5, 0.6) is 0 Å². The molecule has 0 bridgehead atoms. The minimum absolute atomic E-state index is 0.861. The molecular weight excluding hydrogens is 472 g/mol. The molecule has 3 aliphatic heterocycles. The van der Waals surface area contributed by atoms with E-state index in [9.17, 15) is 61.3 Å². The van der Waals surface area contributed by atoms with E-state index < -0.39 is 111 Å². The molecule has 16 nitrogen and oxygen atoms in total. The molecule has 3 heterocycles. The summed E-state index contributed by atoms with van der Waals surface area (Å²) in [5.41, 5.74) is 0. The van der Waals surface area contributed by atoms with Crippen LogP contribution in [0.25, 0.3) is 0 Å². The van der Waals surface area contributed by atoms with Crippen LogP contribution in [0.4, 0.5) is 0 Å². The van der Waals surface area contributed by atoms with Crippen molar-refractivity contribution in [3.8, 4) is 0 Å². The van der Waals surface area contributed by atoms with Gasteiger partial charge in [-0.15, -0.1) is 0 Å². The van der Waals surface area contributed by atoms with Gasteiger partial charge in [0.15, 0.2) is 0 Å². The van der Waals surface area contributed by atoms with Gasteiger partial charge in [-0.1, -0.05) is 0 Å². The molecule has 0 amide bonds. The number of ether oxygens (including phenoxy) is 4. The molecule has 0 aromatic rings. The van der Waals surface area contributed by atoms with Crippen molar-refractivity contribution >= 4 is 0 Å². The Morgan fingerprint density at radius 1 is 0.559 bits per heavy atom. The fourth-order valence-electron chi connectivity index (χ4n) is 4.50. The van der Waals surface area contributed by atoms with Crippen molar-refractivity contribution in [2.24, 2.45) is 0 Å². The van der Waals surface area contributed by atoms with Crippen LogP contribution >= 0.6 is 0 Å². The Morgan fingerprint density at radius 3 is 1.59 bits per heavy atom. The third-order valence-corrected chi connectivity index (χ3v) is 6.51. The van der Waals surface area contributed by atoms with Crippen LogP contribution in [0.2, 0.25) is 0 Å². The van der Waals surface area contributed by atoms with Crippen LogP contribution in [0.3, 0.4) is 0 Å². The summed E-state index contributed by atoms with van der Waals surface area (Å²) in [6, 6.07) is 0. The summed E-state index contributed by atoms with van der Waals surface area (Å²) in [4.78, 5) is 0. The van der Waals surface area contributed by atoms with Gasteiger partial charge in [0, 0.05) is 0 Å². The molecule has 0 unspecified atom stereocenters. The zero-order valence-electron chi connectivity index (χ0n) is 17.8. The fraction of sp³-hybridized carbons (Fsp3) is 1.00. The lowest BCUT2D eigenvalue weighted by atomic mass is 9.82. The summed E-state index contributed by atoms with van der Waals surface area (Å²) in [5, 5.41) is 122. The highest BCUT2D eigenvalue weighted by atomic mass is 16.8. The summed E-state index contributed by atoms with van der Waals surface area (Å²) in [6.45, 7) is -4.04. The Kier molecular flexibility index (Phi) is 8.53. The molecule has 3 fully saturated rings. The third-order valence-electron chi connectivity index (χ3n) is 6.51. The molecule has 0 spiro atoms. The lowest BCUT2D eigenvalue weighted by Crippen LogP contribution is -2.77. The van der Waals surface area contributed by atoms with E-state index >= 15 is 0 Å². The zero-order valence-corrected chi connectivity index (χ0v) is 17.8. The molecule has 200 valence electrons.